The summed E-state index contributed by atoms with van der Waals surface area (Å²) in [7, 11) is 0. The summed E-state index contributed by atoms with van der Waals surface area (Å²) in [6, 6.07) is 9.86. The predicted molar refractivity (Wildman–Crippen MR) is 89.8 cm³/mol. The van der Waals surface area contributed by atoms with Gasteiger partial charge in [-0.3, -0.25) is 0 Å². The molecule has 128 valence electrons. The molecular weight excluding hydrogens is 306 g/mol. The van der Waals surface area contributed by atoms with Gasteiger partial charge in [0.15, 0.2) is 0 Å². The molecule has 0 saturated carbocycles. The lowest BCUT2D eigenvalue weighted by atomic mass is 10.1. The predicted octanol–water partition coefficient (Wildman–Crippen LogP) is 2.93. The maximum Gasteiger partial charge on any atom is 0.410 e. The van der Waals surface area contributed by atoms with Gasteiger partial charge in [0.2, 0.25) is 5.88 Å². The number of amides is 1. The van der Waals surface area contributed by atoms with Gasteiger partial charge in [-0.05, 0) is 32.8 Å². The second-order valence-electron chi connectivity index (χ2n) is 7.04. The second-order valence-corrected chi connectivity index (χ2v) is 7.04. The third-order valence-corrected chi connectivity index (χ3v) is 3.90. The van der Waals surface area contributed by atoms with Crippen LogP contribution in [0.25, 0.3) is 0 Å². The van der Waals surface area contributed by atoms with Crippen LogP contribution >= 0.6 is 0 Å². The monoisotopic (exact) mass is 329 g/mol. The molecule has 1 aromatic carbocycles. The van der Waals surface area contributed by atoms with Crippen molar-refractivity contribution in [3.8, 4) is 5.88 Å². The van der Waals surface area contributed by atoms with E-state index in [0.717, 1.165) is 16.8 Å². The molecule has 1 aliphatic heterocycles. The molecule has 0 bridgehead atoms. The molecule has 1 amide bonds. The first-order valence-corrected chi connectivity index (χ1v) is 8.13. The molecule has 3 rings (SSSR count). The highest BCUT2D eigenvalue weighted by molar-refractivity contribution is 5.68. The maximum absolute atomic E-state index is 12.2. The van der Waals surface area contributed by atoms with Crippen molar-refractivity contribution in [1.82, 2.24) is 14.7 Å². The molecule has 0 saturated heterocycles. The Hall–Kier alpha value is -2.50. The van der Waals surface area contributed by atoms with Gasteiger partial charge in [-0.2, -0.15) is 5.10 Å². The number of hydrogen-bond acceptors (Lipinski definition) is 4. The van der Waals surface area contributed by atoms with Crippen LogP contribution in [0, 0.1) is 0 Å². The summed E-state index contributed by atoms with van der Waals surface area (Å²) in [4.78, 5) is 13.8. The summed E-state index contributed by atoms with van der Waals surface area (Å²) < 4.78 is 7.01. The fourth-order valence-corrected chi connectivity index (χ4v) is 2.78. The molecule has 0 unspecified atom stereocenters. The fraction of sp³-hybridized carbons (Fsp3) is 0.444. The van der Waals surface area contributed by atoms with E-state index in [0.29, 0.717) is 26.1 Å². The van der Waals surface area contributed by atoms with Gasteiger partial charge >= 0.3 is 6.09 Å². The molecule has 6 nitrogen and oxygen atoms in total. The average Bonchev–Trinajstić information content (AvgIpc) is 2.82. The van der Waals surface area contributed by atoms with Gasteiger partial charge < -0.3 is 14.7 Å². The van der Waals surface area contributed by atoms with Crippen LogP contribution in [0.2, 0.25) is 0 Å². The van der Waals surface area contributed by atoms with Crippen LogP contribution in [-0.2, 0) is 24.2 Å². The minimum atomic E-state index is -0.522. The minimum Gasteiger partial charge on any atom is -0.493 e. The highest BCUT2D eigenvalue weighted by Crippen LogP contribution is 2.28. The van der Waals surface area contributed by atoms with Crippen molar-refractivity contribution in [1.29, 1.82) is 0 Å². The fourth-order valence-electron chi connectivity index (χ4n) is 2.78. The van der Waals surface area contributed by atoms with Crippen LogP contribution in [0.3, 0.4) is 0 Å². The van der Waals surface area contributed by atoms with E-state index < -0.39 is 5.60 Å². The Morgan fingerprint density at radius 2 is 2.00 bits per heavy atom. The lowest BCUT2D eigenvalue weighted by Crippen LogP contribution is -2.39. The zero-order chi connectivity index (χ0) is 17.3. The summed E-state index contributed by atoms with van der Waals surface area (Å²) >= 11 is 0. The molecule has 1 N–H and O–H groups in total. The largest absolute Gasteiger partial charge is 0.493 e. The number of ether oxygens (including phenoxy) is 1. The number of aromatic nitrogens is 2. The van der Waals surface area contributed by atoms with Crippen molar-refractivity contribution in [2.24, 2.45) is 0 Å². The third-order valence-electron chi connectivity index (χ3n) is 3.90. The third kappa shape index (κ3) is 3.53. The Balaban J connectivity index is 1.75. The smallest absolute Gasteiger partial charge is 0.410 e. The van der Waals surface area contributed by atoms with E-state index in [4.69, 9.17) is 4.74 Å². The zero-order valence-electron chi connectivity index (χ0n) is 14.3. The van der Waals surface area contributed by atoms with Crippen LogP contribution in [-0.4, -0.2) is 38.0 Å². The standard InChI is InChI=1S/C18H23N3O3/c1-18(2,3)24-17(23)20-10-9-14-15(12-20)19-21(16(14)22)11-13-7-5-4-6-8-13/h4-8,22H,9-12H2,1-3H3. The Morgan fingerprint density at radius 1 is 1.29 bits per heavy atom. The van der Waals surface area contributed by atoms with Crippen LogP contribution < -0.4 is 0 Å². The highest BCUT2D eigenvalue weighted by atomic mass is 16.6. The van der Waals surface area contributed by atoms with E-state index in [1.807, 2.05) is 51.1 Å². The summed E-state index contributed by atoms with van der Waals surface area (Å²) in [5.74, 6) is 0.192. The number of fused-ring (bicyclic) bond motifs is 1. The van der Waals surface area contributed by atoms with Crippen LogP contribution in [0.15, 0.2) is 30.3 Å². The van der Waals surface area contributed by atoms with Crippen LogP contribution in [0.4, 0.5) is 4.79 Å². The Labute approximate surface area is 141 Å². The Bertz CT molecular complexity index is 732. The molecule has 0 atom stereocenters. The number of carbonyl (C=O) groups excluding carboxylic acids is 1. The summed E-state index contributed by atoms with van der Waals surface area (Å²) in [5, 5.41) is 14.9. The van der Waals surface area contributed by atoms with Gasteiger partial charge in [0.25, 0.3) is 0 Å². The van der Waals surface area contributed by atoms with Crippen LogP contribution in [0.5, 0.6) is 5.88 Å². The molecule has 0 fully saturated rings. The number of nitrogens with zero attached hydrogens (tertiary/aromatic N) is 3. The summed E-state index contributed by atoms with van der Waals surface area (Å²) in [6.45, 7) is 6.93. The van der Waals surface area contributed by atoms with Crippen LogP contribution in [0.1, 0.15) is 37.6 Å². The molecule has 0 aliphatic carbocycles. The molecule has 2 aromatic rings. The van der Waals surface area contributed by atoms with Crippen molar-refractivity contribution < 1.29 is 14.6 Å². The Morgan fingerprint density at radius 3 is 2.67 bits per heavy atom. The van der Waals surface area contributed by atoms with Crippen molar-refractivity contribution in [2.75, 3.05) is 6.54 Å². The maximum atomic E-state index is 12.2. The van der Waals surface area contributed by atoms with Gasteiger partial charge in [0.05, 0.1) is 18.8 Å². The number of hydrogen-bond donors (Lipinski definition) is 1. The first-order valence-electron chi connectivity index (χ1n) is 8.13. The lowest BCUT2D eigenvalue weighted by Gasteiger charge is -2.29. The molecule has 6 heteroatoms. The first kappa shape index (κ1) is 16.4. The van der Waals surface area contributed by atoms with Crippen molar-refractivity contribution >= 4 is 6.09 Å². The van der Waals surface area contributed by atoms with Gasteiger partial charge in [0, 0.05) is 12.1 Å². The van der Waals surface area contributed by atoms with E-state index in [1.165, 1.54) is 0 Å². The van der Waals surface area contributed by atoms with Crippen molar-refractivity contribution in [2.45, 2.75) is 45.9 Å². The van der Waals surface area contributed by atoms with E-state index >= 15 is 0 Å². The van der Waals surface area contributed by atoms with E-state index in [9.17, 15) is 9.90 Å². The van der Waals surface area contributed by atoms with Gasteiger partial charge in [-0.15, -0.1) is 0 Å². The zero-order valence-corrected chi connectivity index (χ0v) is 14.3. The lowest BCUT2D eigenvalue weighted by molar-refractivity contribution is 0.0221. The quantitative estimate of drug-likeness (QED) is 0.920. The minimum absolute atomic E-state index is 0.192. The molecule has 0 spiro atoms. The SMILES string of the molecule is CC(C)(C)OC(=O)N1CCc2c(nn(Cc3ccccc3)c2O)C1. The molecule has 1 aromatic heterocycles. The number of aromatic hydroxyl groups is 1. The van der Waals surface area contributed by atoms with Crippen molar-refractivity contribution in [3.05, 3.63) is 47.2 Å². The number of carbonyl (C=O) groups is 1. The van der Waals surface area contributed by atoms with E-state index in [-0.39, 0.29) is 12.0 Å². The Kier molecular flexibility index (Phi) is 4.22. The highest BCUT2D eigenvalue weighted by Gasteiger charge is 2.29. The average molecular weight is 329 g/mol. The second kappa shape index (κ2) is 6.19. The number of benzene rings is 1. The van der Waals surface area contributed by atoms with E-state index in [1.54, 1.807) is 9.58 Å². The van der Waals surface area contributed by atoms with Gasteiger partial charge in [-0.1, -0.05) is 30.3 Å². The summed E-state index contributed by atoms with van der Waals surface area (Å²) in [6.07, 6.45) is 0.236. The first-order chi connectivity index (χ1) is 11.3. The summed E-state index contributed by atoms with van der Waals surface area (Å²) in [5.41, 5.74) is 2.11. The molecule has 24 heavy (non-hydrogen) atoms. The topological polar surface area (TPSA) is 67.6 Å². The van der Waals surface area contributed by atoms with Gasteiger partial charge in [-0.25, -0.2) is 9.48 Å². The molecule has 1 aliphatic rings. The molecule has 0 radical (unpaired) electrons. The van der Waals surface area contributed by atoms with Gasteiger partial charge in [0.1, 0.15) is 5.60 Å². The molecule has 2 heterocycles. The molecular formula is C18H23N3O3. The van der Waals surface area contributed by atoms with E-state index in [2.05, 4.69) is 5.10 Å². The number of rotatable bonds is 2. The van der Waals surface area contributed by atoms with Crippen molar-refractivity contribution in [3.63, 3.8) is 0 Å². The normalized spacial score (nSPS) is 14.4.